The van der Waals surface area contributed by atoms with Crippen molar-refractivity contribution < 1.29 is 14.0 Å². The average Bonchev–Trinajstić information content (AvgIpc) is 3.60. The lowest BCUT2D eigenvalue weighted by Crippen LogP contribution is -2.23. The second-order valence-corrected chi connectivity index (χ2v) is 7.83. The maximum Gasteiger partial charge on any atom is 0.244 e. The second-order valence-electron chi connectivity index (χ2n) is 7.83. The van der Waals surface area contributed by atoms with E-state index in [0.717, 1.165) is 54.3 Å². The molecule has 1 saturated heterocycles. The zero-order chi connectivity index (χ0) is 21.3. The van der Waals surface area contributed by atoms with Gasteiger partial charge in [-0.25, -0.2) is 9.97 Å². The number of ether oxygens (including phenoxy) is 2. The number of benzene rings is 1. The summed E-state index contributed by atoms with van der Waals surface area (Å²) in [5, 5.41) is 4.21. The number of pyridine rings is 1. The third-order valence-corrected chi connectivity index (χ3v) is 5.79. The highest BCUT2D eigenvalue weighted by Crippen LogP contribution is 2.36. The van der Waals surface area contributed by atoms with E-state index in [1.54, 1.807) is 18.6 Å². The molecule has 0 bridgehead atoms. The van der Waals surface area contributed by atoms with Crippen LogP contribution in [-0.2, 0) is 6.54 Å². The smallest absolute Gasteiger partial charge is 0.244 e. The molecule has 3 aromatic heterocycles. The van der Waals surface area contributed by atoms with Gasteiger partial charge in [-0.2, -0.15) is 4.98 Å². The topological polar surface area (TPSA) is 99.3 Å². The van der Waals surface area contributed by atoms with Crippen LogP contribution in [-0.4, -0.2) is 43.3 Å². The standard InChI is InChI=1S/C23H20N6O3/c1-2-19(29(7-1)12-15-3-6-20-21(8-15)31-14-30-20)23-27-22(28-32-23)16-4-5-18(26-11-16)17-9-24-13-25-10-17/h3-6,8-11,13,19H,1-2,7,12,14H2/t19-/m0/s1. The van der Waals surface area contributed by atoms with Crippen LogP contribution >= 0.6 is 0 Å². The minimum absolute atomic E-state index is 0.0929. The Morgan fingerprint density at radius 1 is 0.969 bits per heavy atom. The average molecular weight is 428 g/mol. The number of hydrogen-bond acceptors (Lipinski definition) is 9. The first kappa shape index (κ1) is 18.9. The first-order chi connectivity index (χ1) is 15.8. The van der Waals surface area contributed by atoms with Crippen LogP contribution < -0.4 is 9.47 Å². The maximum atomic E-state index is 5.66. The molecule has 1 atom stereocenters. The molecule has 32 heavy (non-hydrogen) atoms. The number of hydrogen-bond donors (Lipinski definition) is 0. The van der Waals surface area contributed by atoms with Gasteiger partial charge in [-0.15, -0.1) is 0 Å². The van der Waals surface area contributed by atoms with Gasteiger partial charge in [0.2, 0.25) is 18.5 Å². The van der Waals surface area contributed by atoms with E-state index in [1.165, 1.54) is 11.9 Å². The van der Waals surface area contributed by atoms with Crippen molar-refractivity contribution in [3.05, 3.63) is 66.7 Å². The normalized spacial score (nSPS) is 17.7. The van der Waals surface area contributed by atoms with Gasteiger partial charge in [0.15, 0.2) is 11.5 Å². The molecule has 2 aliphatic heterocycles. The molecule has 6 rings (SSSR count). The lowest BCUT2D eigenvalue weighted by molar-refractivity contribution is 0.173. The minimum Gasteiger partial charge on any atom is -0.454 e. The van der Waals surface area contributed by atoms with E-state index in [1.807, 2.05) is 24.3 Å². The molecule has 9 nitrogen and oxygen atoms in total. The lowest BCUT2D eigenvalue weighted by Gasteiger charge is -2.21. The summed E-state index contributed by atoms with van der Waals surface area (Å²) in [5.41, 5.74) is 3.63. The zero-order valence-electron chi connectivity index (χ0n) is 17.2. The lowest BCUT2D eigenvalue weighted by atomic mass is 10.1. The summed E-state index contributed by atoms with van der Waals surface area (Å²) in [6.45, 7) is 2.05. The molecule has 0 aliphatic carbocycles. The predicted octanol–water partition coefficient (Wildman–Crippen LogP) is 3.65. The van der Waals surface area contributed by atoms with Crippen LogP contribution in [0.2, 0.25) is 0 Å². The number of likely N-dealkylation sites (tertiary alicyclic amines) is 1. The Morgan fingerprint density at radius 3 is 2.75 bits per heavy atom. The molecule has 1 fully saturated rings. The fourth-order valence-corrected chi connectivity index (χ4v) is 4.18. The number of aromatic nitrogens is 5. The monoisotopic (exact) mass is 428 g/mol. The molecule has 0 amide bonds. The van der Waals surface area contributed by atoms with Crippen molar-refractivity contribution in [3.8, 4) is 34.1 Å². The highest BCUT2D eigenvalue weighted by atomic mass is 16.7. The molecular weight excluding hydrogens is 408 g/mol. The molecule has 0 N–H and O–H groups in total. The van der Waals surface area contributed by atoms with Crippen LogP contribution in [0.1, 0.15) is 30.3 Å². The van der Waals surface area contributed by atoms with Gasteiger partial charge >= 0.3 is 0 Å². The van der Waals surface area contributed by atoms with Gasteiger partial charge in [-0.3, -0.25) is 9.88 Å². The molecule has 5 heterocycles. The summed E-state index contributed by atoms with van der Waals surface area (Å²) >= 11 is 0. The third kappa shape index (κ3) is 3.56. The van der Waals surface area contributed by atoms with Gasteiger partial charge in [0, 0.05) is 36.3 Å². The van der Waals surface area contributed by atoms with Gasteiger partial charge in [-0.05, 0) is 49.2 Å². The fraction of sp³-hybridized carbons (Fsp3) is 0.261. The Kier molecular flexibility index (Phi) is 4.73. The van der Waals surface area contributed by atoms with Gasteiger partial charge in [0.1, 0.15) is 6.33 Å². The van der Waals surface area contributed by atoms with E-state index in [0.29, 0.717) is 11.7 Å². The van der Waals surface area contributed by atoms with Crippen molar-refractivity contribution in [1.82, 2.24) is 30.0 Å². The molecule has 2 aliphatic rings. The third-order valence-electron chi connectivity index (χ3n) is 5.79. The number of nitrogens with zero attached hydrogens (tertiary/aromatic N) is 6. The summed E-state index contributed by atoms with van der Waals surface area (Å²) in [4.78, 5) is 19.6. The van der Waals surface area contributed by atoms with E-state index >= 15 is 0 Å². The molecule has 9 heteroatoms. The Hall–Kier alpha value is -3.85. The van der Waals surface area contributed by atoms with Gasteiger partial charge < -0.3 is 14.0 Å². The van der Waals surface area contributed by atoms with Crippen molar-refractivity contribution >= 4 is 0 Å². The molecule has 0 unspecified atom stereocenters. The Morgan fingerprint density at radius 2 is 1.88 bits per heavy atom. The van der Waals surface area contributed by atoms with Gasteiger partial charge in [-0.1, -0.05) is 11.2 Å². The first-order valence-electron chi connectivity index (χ1n) is 10.5. The van der Waals surface area contributed by atoms with Gasteiger partial charge in [0.05, 0.1) is 11.7 Å². The molecule has 0 spiro atoms. The van der Waals surface area contributed by atoms with E-state index in [4.69, 9.17) is 14.0 Å². The Balaban J connectivity index is 1.19. The summed E-state index contributed by atoms with van der Waals surface area (Å²) in [6.07, 6.45) is 8.78. The van der Waals surface area contributed by atoms with Crippen LogP contribution in [0.3, 0.4) is 0 Å². The molecule has 4 aromatic rings. The molecule has 160 valence electrons. The number of fused-ring (bicyclic) bond motifs is 1. The van der Waals surface area contributed by atoms with Crippen molar-refractivity contribution in [2.24, 2.45) is 0 Å². The van der Waals surface area contributed by atoms with Crippen LogP contribution in [0.5, 0.6) is 11.5 Å². The second kappa shape index (κ2) is 8.01. The van der Waals surface area contributed by atoms with Crippen LogP contribution in [0.15, 0.2) is 59.8 Å². The van der Waals surface area contributed by atoms with Crippen molar-refractivity contribution in [3.63, 3.8) is 0 Å². The van der Waals surface area contributed by atoms with Crippen molar-refractivity contribution in [2.45, 2.75) is 25.4 Å². The van der Waals surface area contributed by atoms with Crippen LogP contribution in [0, 0.1) is 0 Å². The van der Waals surface area contributed by atoms with Crippen LogP contribution in [0.4, 0.5) is 0 Å². The van der Waals surface area contributed by atoms with E-state index in [-0.39, 0.29) is 12.8 Å². The van der Waals surface area contributed by atoms with Crippen molar-refractivity contribution in [1.29, 1.82) is 0 Å². The summed E-state index contributed by atoms with van der Waals surface area (Å²) < 4.78 is 16.6. The fourth-order valence-electron chi connectivity index (χ4n) is 4.18. The van der Waals surface area contributed by atoms with E-state index in [2.05, 4.69) is 36.1 Å². The maximum absolute atomic E-state index is 5.66. The number of rotatable bonds is 5. The Bertz CT molecular complexity index is 1230. The largest absolute Gasteiger partial charge is 0.454 e. The summed E-state index contributed by atoms with van der Waals surface area (Å²) in [7, 11) is 0. The molecule has 0 radical (unpaired) electrons. The summed E-state index contributed by atoms with van der Waals surface area (Å²) in [6, 6.07) is 10.0. The first-order valence-corrected chi connectivity index (χ1v) is 10.5. The SMILES string of the molecule is c1ncc(-c2ccc(-c3noc([C@@H]4CCCN4Cc4ccc5c(c4)OCO5)n3)cn2)cn1. The highest BCUT2D eigenvalue weighted by Gasteiger charge is 2.31. The predicted molar refractivity (Wildman–Crippen MR) is 114 cm³/mol. The Labute approximate surface area is 184 Å². The highest BCUT2D eigenvalue weighted by molar-refractivity contribution is 5.61. The van der Waals surface area contributed by atoms with Gasteiger partial charge in [0.25, 0.3) is 0 Å². The summed E-state index contributed by atoms with van der Waals surface area (Å²) in [5.74, 6) is 2.78. The van der Waals surface area contributed by atoms with Crippen LogP contribution in [0.25, 0.3) is 22.6 Å². The molecular formula is C23H20N6O3. The zero-order valence-corrected chi connectivity index (χ0v) is 17.2. The van der Waals surface area contributed by atoms with E-state index in [9.17, 15) is 0 Å². The molecule has 1 aromatic carbocycles. The molecule has 0 saturated carbocycles. The quantitative estimate of drug-likeness (QED) is 0.471. The minimum atomic E-state index is 0.0929. The van der Waals surface area contributed by atoms with Crippen molar-refractivity contribution in [2.75, 3.05) is 13.3 Å². The van der Waals surface area contributed by atoms with E-state index < -0.39 is 0 Å².